The maximum absolute atomic E-state index is 13.3. The van der Waals surface area contributed by atoms with Gasteiger partial charge in [-0.05, 0) is 49.0 Å². The third kappa shape index (κ3) is 6.01. The third-order valence-corrected chi connectivity index (χ3v) is 7.77. The van der Waals surface area contributed by atoms with Gasteiger partial charge in [0.05, 0.1) is 4.91 Å². The lowest BCUT2D eigenvalue weighted by Gasteiger charge is -2.18. The van der Waals surface area contributed by atoms with Crippen molar-refractivity contribution in [1.82, 2.24) is 9.47 Å². The average Bonchev–Trinajstić information content (AvgIpc) is 3.18. The summed E-state index contributed by atoms with van der Waals surface area (Å²) in [4.78, 5) is 28.3. The summed E-state index contributed by atoms with van der Waals surface area (Å²) in [5, 5.41) is 13.0. The second kappa shape index (κ2) is 12.0. The molecule has 0 atom stereocenters. The van der Waals surface area contributed by atoms with Gasteiger partial charge in [0.15, 0.2) is 0 Å². The summed E-state index contributed by atoms with van der Waals surface area (Å²) in [5.74, 6) is 0.428. The average molecular weight is 529 g/mol. The fraction of sp³-hybridized carbons (Fsp3) is 0.241. The molecule has 1 amide bonds. The van der Waals surface area contributed by atoms with E-state index in [1.165, 1.54) is 27.5 Å². The molecule has 2 aromatic carbocycles. The number of nitriles is 1. The summed E-state index contributed by atoms with van der Waals surface area (Å²) >= 11 is 6.79. The Morgan fingerprint density at radius 2 is 1.65 bits per heavy atom. The van der Waals surface area contributed by atoms with Gasteiger partial charge in [0, 0.05) is 25.7 Å². The van der Waals surface area contributed by atoms with Crippen LogP contribution in [0, 0.1) is 18.3 Å². The number of aromatic nitrogens is 1. The fourth-order valence-electron chi connectivity index (χ4n) is 4.32. The van der Waals surface area contributed by atoms with Crippen LogP contribution in [-0.2, 0) is 24.7 Å². The molecule has 0 radical (unpaired) electrons. The number of amides is 1. The van der Waals surface area contributed by atoms with Gasteiger partial charge in [-0.15, -0.1) is 0 Å². The molecule has 0 spiro atoms. The summed E-state index contributed by atoms with van der Waals surface area (Å²) in [6, 6.07) is 22.2. The molecular formula is C29H28N4O2S2. The predicted molar refractivity (Wildman–Crippen MR) is 154 cm³/mol. The highest BCUT2D eigenvalue weighted by molar-refractivity contribution is 8.26. The number of rotatable bonds is 9. The number of benzene rings is 2. The van der Waals surface area contributed by atoms with E-state index in [0.717, 1.165) is 19.3 Å². The lowest BCUT2D eigenvalue weighted by atomic mass is 10.0. The molecular weight excluding hydrogens is 500 g/mol. The number of carbonyl (C=O) groups is 1. The Hall–Kier alpha value is -3.67. The first-order chi connectivity index (χ1) is 17.9. The first kappa shape index (κ1) is 26.4. The van der Waals surface area contributed by atoms with Crippen LogP contribution in [0.5, 0.6) is 0 Å². The number of pyridine rings is 1. The molecule has 188 valence electrons. The van der Waals surface area contributed by atoms with Gasteiger partial charge in [-0.3, -0.25) is 19.1 Å². The maximum Gasteiger partial charge on any atom is 0.270 e. The minimum absolute atomic E-state index is 0.0701. The predicted octanol–water partition coefficient (Wildman–Crippen LogP) is 5.05. The standard InChI is InChI=1S/C29H28N4O2S2/c1-20-23(18-25-28(35)33(29(36)37-25)17-9-14-21-10-5-3-6-11-21)26(32(2)27(34)24(20)19-30)31-16-15-22-12-7-4-8-13-22/h3-8,10-13,18,31H,9,14-17H2,1-2H3/b25-18-. The highest BCUT2D eigenvalue weighted by atomic mass is 32.2. The highest BCUT2D eigenvalue weighted by Crippen LogP contribution is 2.35. The van der Waals surface area contributed by atoms with Crippen molar-refractivity contribution in [2.45, 2.75) is 26.2 Å². The molecule has 0 aliphatic carbocycles. The molecule has 37 heavy (non-hydrogen) atoms. The zero-order valence-corrected chi connectivity index (χ0v) is 22.5. The van der Waals surface area contributed by atoms with Crippen LogP contribution in [0.3, 0.4) is 0 Å². The summed E-state index contributed by atoms with van der Waals surface area (Å²) in [5.41, 5.74) is 3.29. The van der Waals surface area contributed by atoms with Crippen molar-refractivity contribution in [2.24, 2.45) is 7.05 Å². The van der Waals surface area contributed by atoms with Crippen LogP contribution in [0.15, 0.2) is 70.4 Å². The van der Waals surface area contributed by atoms with E-state index in [0.29, 0.717) is 39.3 Å². The van der Waals surface area contributed by atoms with Crippen molar-refractivity contribution in [3.8, 4) is 6.07 Å². The third-order valence-electron chi connectivity index (χ3n) is 6.39. The Kier molecular flexibility index (Phi) is 8.59. The van der Waals surface area contributed by atoms with Crippen molar-refractivity contribution in [3.05, 3.63) is 104 Å². The van der Waals surface area contributed by atoms with Crippen LogP contribution in [0.25, 0.3) is 6.08 Å². The number of carbonyl (C=O) groups excluding carboxylic acids is 1. The number of nitrogens with one attached hydrogen (secondary N) is 1. The second-order valence-electron chi connectivity index (χ2n) is 8.82. The van der Waals surface area contributed by atoms with Crippen molar-refractivity contribution in [1.29, 1.82) is 5.26 Å². The molecule has 2 heterocycles. The molecule has 1 aromatic heterocycles. The minimum Gasteiger partial charge on any atom is -0.371 e. The molecule has 0 bridgehead atoms. The normalized spacial score (nSPS) is 14.3. The molecule has 8 heteroatoms. The quantitative estimate of drug-likeness (QED) is 0.309. The van der Waals surface area contributed by atoms with Crippen LogP contribution in [0.2, 0.25) is 0 Å². The van der Waals surface area contributed by atoms with Gasteiger partial charge in [0.25, 0.3) is 11.5 Å². The van der Waals surface area contributed by atoms with Crippen molar-refractivity contribution < 1.29 is 4.79 Å². The van der Waals surface area contributed by atoms with E-state index in [1.807, 2.05) is 42.5 Å². The lowest BCUT2D eigenvalue weighted by Crippen LogP contribution is -2.29. The smallest absolute Gasteiger partial charge is 0.270 e. The van der Waals surface area contributed by atoms with E-state index in [2.05, 4.69) is 29.6 Å². The van der Waals surface area contributed by atoms with E-state index >= 15 is 0 Å². The largest absolute Gasteiger partial charge is 0.371 e. The van der Waals surface area contributed by atoms with E-state index < -0.39 is 0 Å². The number of aryl methyl sites for hydroxylation is 1. The first-order valence-corrected chi connectivity index (χ1v) is 13.3. The summed E-state index contributed by atoms with van der Waals surface area (Å²) in [6.07, 6.45) is 4.18. The van der Waals surface area contributed by atoms with Gasteiger partial charge in [-0.1, -0.05) is 84.6 Å². The molecule has 1 fully saturated rings. The molecule has 3 aromatic rings. The van der Waals surface area contributed by atoms with Gasteiger partial charge in [0.2, 0.25) is 0 Å². The van der Waals surface area contributed by atoms with E-state index in [4.69, 9.17) is 12.2 Å². The molecule has 4 rings (SSSR count). The van der Waals surface area contributed by atoms with Gasteiger partial charge in [-0.25, -0.2) is 0 Å². The summed E-state index contributed by atoms with van der Waals surface area (Å²) < 4.78 is 1.97. The summed E-state index contributed by atoms with van der Waals surface area (Å²) in [7, 11) is 1.64. The Balaban J connectivity index is 1.58. The van der Waals surface area contributed by atoms with Crippen molar-refractivity contribution in [2.75, 3.05) is 18.4 Å². The van der Waals surface area contributed by atoms with Crippen LogP contribution >= 0.6 is 24.0 Å². The minimum atomic E-state index is -0.368. The molecule has 1 aliphatic heterocycles. The molecule has 0 unspecified atom stereocenters. The van der Waals surface area contributed by atoms with Crippen LogP contribution < -0.4 is 10.9 Å². The SMILES string of the molecule is Cc1c(/C=C2\SC(=S)N(CCCc3ccccc3)C2=O)c(NCCc2ccccc2)n(C)c(=O)c1C#N. The monoisotopic (exact) mass is 528 g/mol. The van der Waals surface area contributed by atoms with Crippen molar-refractivity contribution in [3.63, 3.8) is 0 Å². The molecule has 1 N–H and O–H groups in total. The van der Waals surface area contributed by atoms with Gasteiger partial charge < -0.3 is 5.32 Å². The van der Waals surface area contributed by atoms with Gasteiger partial charge >= 0.3 is 0 Å². The van der Waals surface area contributed by atoms with E-state index in [9.17, 15) is 14.9 Å². The van der Waals surface area contributed by atoms with Crippen LogP contribution in [0.1, 0.15) is 34.2 Å². The van der Waals surface area contributed by atoms with Crippen LogP contribution in [0.4, 0.5) is 5.82 Å². The first-order valence-electron chi connectivity index (χ1n) is 12.1. The number of hydrogen-bond donors (Lipinski definition) is 1. The maximum atomic E-state index is 13.3. The highest BCUT2D eigenvalue weighted by Gasteiger charge is 2.32. The Morgan fingerprint density at radius 3 is 2.27 bits per heavy atom. The van der Waals surface area contributed by atoms with Gasteiger partial charge in [-0.2, -0.15) is 5.26 Å². The molecule has 1 aliphatic rings. The van der Waals surface area contributed by atoms with Gasteiger partial charge in [0.1, 0.15) is 21.8 Å². The van der Waals surface area contributed by atoms with Crippen LogP contribution in [-0.4, -0.2) is 32.8 Å². The topological polar surface area (TPSA) is 78.1 Å². The number of hydrogen-bond acceptors (Lipinski definition) is 6. The summed E-state index contributed by atoms with van der Waals surface area (Å²) in [6.45, 7) is 2.87. The lowest BCUT2D eigenvalue weighted by molar-refractivity contribution is -0.122. The zero-order valence-electron chi connectivity index (χ0n) is 20.9. The number of thioether (sulfide) groups is 1. The number of nitrogens with zero attached hydrogens (tertiary/aromatic N) is 3. The Labute approximate surface area is 226 Å². The Bertz CT molecular complexity index is 1440. The van der Waals surface area contributed by atoms with E-state index in [1.54, 1.807) is 24.9 Å². The van der Waals surface area contributed by atoms with E-state index in [-0.39, 0.29) is 17.0 Å². The molecule has 1 saturated heterocycles. The molecule has 6 nitrogen and oxygen atoms in total. The van der Waals surface area contributed by atoms with Crippen molar-refractivity contribution >= 4 is 46.1 Å². The zero-order chi connectivity index (χ0) is 26.4. The number of anilines is 1. The molecule has 0 saturated carbocycles. The fourth-order valence-corrected chi connectivity index (χ4v) is 5.61. The Morgan fingerprint density at radius 1 is 1.03 bits per heavy atom. The second-order valence-corrected chi connectivity index (χ2v) is 10.5. The number of thiocarbonyl (C=S) groups is 1.